The molecular weight excluding hydrogens is 207 g/mol. The number of carbonyl (C=O) groups excluding carboxylic acids is 1. The van der Waals surface area contributed by atoms with E-state index < -0.39 is 4.33 Å². The zero-order valence-electron chi connectivity index (χ0n) is 7.57. The second-order valence-corrected chi connectivity index (χ2v) is 6.29. The number of hydrogen-bond donors (Lipinski definition) is 0. The maximum absolute atomic E-state index is 11.8. The normalized spacial score (nSPS) is 44.7. The van der Waals surface area contributed by atoms with Crippen molar-refractivity contribution in [2.45, 2.75) is 36.9 Å². The zero-order valence-corrected chi connectivity index (χ0v) is 9.08. The first-order valence-corrected chi connectivity index (χ1v) is 5.65. The minimum absolute atomic E-state index is 0.0951. The van der Waals surface area contributed by atoms with Gasteiger partial charge in [-0.2, -0.15) is 0 Å². The van der Waals surface area contributed by atoms with Crippen LogP contribution in [0.1, 0.15) is 32.6 Å². The summed E-state index contributed by atoms with van der Waals surface area (Å²) in [5.41, 5.74) is -0.210. The maximum atomic E-state index is 11.8. The van der Waals surface area contributed by atoms with Gasteiger partial charge in [0.25, 0.3) is 0 Å². The second-order valence-electron chi connectivity index (χ2n) is 4.96. The Morgan fingerprint density at radius 1 is 1.31 bits per heavy atom. The molecule has 1 spiro atoms. The SMILES string of the molecule is CC1(C2CC2)C(Cl)(Cl)C(=O)C12CC2. The lowest BCUT2D eigenvalue weighted by Crippen LogP contribution is -2.67. The van der Waals surface area contributed by atoms with Crippen LogP contribution >= 0.6 is 23.2 Å². The number of Topliss-reactive ketones (excluding diaryl/α,β-unsaturated/α-hetero) is 1. The fourth-order valence-electron chi connectivity index (χ4n) is 3.19. The molecule has 0 heterocycles. The van der Waals surface area contributed by atoms with E-state index in [0.29, 0.717) is 5.92 Å². The van der Waals surface area contributed by atoms with Crippen molar-refractivity contribution in [3.05, 3.63) is 0 Å². The summed E-state index contributed by atoms with van der Waals surface area (Å²) in [5, 5.41) is 0. The topological polar surface area (TPSA) is 17.1 Å². The van der Waals surface area contributed by atoms with Crippen molar-refractivity contribution in [3.63, 3.8) is 0 Å². The molecule has 3 aliphatic rings. The summed E-state index contributed by atoms with van der Waals surface area (Å²) in [6.07, 6.45) is 4.43. The van der Waals surface area contributed by atoms with E-state index >= 15 is 0 Å². The van der Waals surface area contributed by atoms with Crippen molar-refractivity contribution < 1.29 is 4.79 Å². The number of ketones is 1. The van der Waals surface area contributed by atoms with Crippen molar-refractivity contribution in [1.29, 1.82) is 0 Å². The lowest BCUT2D eigenvalue weighted by atomic mass is 9.53. The van der Waals surface area contributed by atoms with Gasteiger partial charge in [0, 0.05) is 10.8 Å². The highest BCUT2D eigenvalue weighted by atomic mass is 35.5. The van der Waals surface area contributed by atoms with Gasteiger partial charge in [0.15, 0.2) is 10.1 Å². The molecule has 1 unspecified atom stereocenters. The maximum Gasteiger partial charge on any atom is 0.183 e. The van der Waals surface area contributed by atoms with Gasteiger partial charge in [0.05, 0.1) is 0 Å². The Hall–Kier alpha value is 0.250. The first kappa shape index (κ1) is 8.55. The fourth-order valence-corrected chi connectivity index (χ4v) is 4.22. The minimum atomic E-state index is -1.08. The van der Waals surface area contributed by atoms with Crippen LogP contribution in [0.3, 0.4) is 0 Å². The van der Waals surface area contributed by atoms with Gasteiger partial charge >= 0.3 is 0 Å². The third-order valence-corrected chi connectivity index (χ3v) is 5.64. The fraction of sp³-hybridized carbons (Fsp3) is 0.900. The molecule has 72 valence electrons. The molecule has 0 aromatic rings. The molecule has 3 rings (SSSR count). The highest BCUT2D eigenvalue weighted by Gasteiger charge is 2.84. The van der Waals surface area contributed by atoms with Gasteiger partial charge in [0.1, 0.15) is 0 Å². The van der Waals surface area contributed by atoms with Gasteiger partial charge in [-0.05, 0) is 31.6 Å². The van der Waals surface area contributed by atoms with E-state index in [1.807, 2.05) is 0 Å². The number of carbonyl (C=O) groups is 1. The predicted molar refractivity (Wildman–Crippen MR) is 51.9 cm³/mol. The Morgan fingerprint density at radius 3 is 2.23 bits per heavy atom. The molecule has 0 radical (unpaired) electrons. The minimum Gasteiger partial charge on any atom is -0.296 e. The molecule has 0 aromatic carbocycles. The van der Waals surface area contributed by atoms with E-state index in [9.17, 15) is 4.79 Å². The summed E-state index contributed by atoms with van der Waals surface area (Å²) in [4.78, 5) is 11.8. The van der Waals surface area contributed by atoms with Crippen LogP contribution in [-0.2, 0) is 4.79 Å². The molecule has 3 heteroatoms. The van der Waals surface area contributed by atoms with E-state index in [0.717, 1.165) is 12.8 Å². The highest BCUT2D eigenvalue weighted by molar-refractivity contribution is 6.62. The van der Waals surface area contributed by atoms with Crippen LogP contribution < -0.4 is 0 Å². The van der Waals surface area contributed by atoms with Crippen LogP contribution in [0.5, 0.6) is 0 Å². The Morgan fingerprint density at radius 2 is 1.85 bits per heavy atom. The summed E-state index contributed by atoms with van der Waals surface area (Å²) in [6, 6.07) is 0. The number of hydrogen-bond acceptors (Lipinski definition) is 1. The first-order valence-electron chi connectivity index (χ1n) is 4.89. The number of rotatable bonds is 1. The quantitative estimate of drug-likeness (QED) is 0.619. The van der Waals surface area contributed by atoms with Gasteiger partial charge in [-0.25, -0.2) is 0 Å². The Bertz CT molecular complexity index is 292. The molecular formula is C10H12Cl2O. The second kappa shape index (κ2) is 1.94. The van der Waals surface area contributed by atoms with E-state index in [1.165, 1.54) is 12.8 Å². The van der Waals surface area contributed by atoms with E-state index in [2.05, 4.69) is 6.92 Å². The monoisotopic (exact) mass is 218 g/mol. The van der Waals surface area contributed by atoms with Crippen LogP contribution in [0.4, 0.5) is 0 Å². The molecule has 0 N–H and O–H groups in total. The molecule has 0 amide bonds. The molecule has 3 saturated carbocycles. The van der Waals surface area contributed by atoms with Gasteiger partial charge in [0.2, 0.25) is 0 Å². The van der Waals surface area contributed by atoms with E-state index in [4.69, 9.17) is 23.2 Å². The summed E-state index contributed by atoms with van der Waals surface area (Å²) >= 11 is 12.3. The van der Waals surface area contributed by atoms with E-state index in [-0.39, 0.29) is 16.6 Å². The van der Waals surface area contributed by atoms with Gasteiger partial charge in [-0.3, -0.25) is 4.79 Å². The van der Waals surface area contributed by atoms with Crippen molar-refractivity contribution in [2.24, 2.45) is 16.7 Å². The summed E-state index contributed by atoms with van der Waals surface area (Å²) < 4.78 is -1.08. The molecule has 0 bridgehead atoms. The Labute approximate surface area is 87.8 Å². The van der Waals surface area contributed by atoms with Gasteiger partial charge in [-0.1, -0.05) is 30.1 Å². The van der Waals surface area contributed by atoms with Gasteiger partial charge in [-0.15, -0.1) is 0 Å². The summed E-state index contributed by atoms with van der Waals surface area (Å²) in [6.45, 7) is 2.11. The van der Waals surface area contributed by atoms with Crippen LogP contribution in [0.15, 0.2) is 0 Å². The third kappa shape index (κ3) is 0.657. The third-order valence-electron chi connectivity index (χ3n) is 4.51. The summed E-state index contributed by atoms with van der Waals surface area (Å²) in [7, 11) is 0. The smallest absolute Gasteiger partial charge is 0.183 e. The largest absolute Gasteiger partial charge is 0.296 e. The standard InChI is InChI=1S/C10H12Cl2O/c1-8(6-2-3-6)9(4-5-9)7(13)10(8,11)12/h6H,2-5H2,1H3. The molecule has 13 heavy (non-hydrogen) atoms. The molecule has 3 aliphatic carbocycles. The molecule has 3 fully saturated rings. The van der Waals surface area contributed by atoms with Crippen LogP contribution in [0, 0.1) is 16.7 Å². The molecule has 0 aliphatic heterocycles. The average molecular weight is 219 g/mol. The van der Waals surface area contributed by atoms with Crippen molar-refractivity contribution in [2.75, 3.05) is 0 Å². The zero-order chi connectivity index (χ0) is 9.48. The van der Waals surface area contributed by atoms with Gasteiger partial charge < -0.3 is 0 Å². The van der Waals surface area contributed by atoms with Crippen LogP contribution in [0.25, 0.3) is 0 Å². The first-order chi connectivity index (χ1) is 5.97. The lowest BCUT2D eigenvalue weighted by Gasteiger charge is -2.56. The lowest BCUT2D eigenvalue weighted by molar-refractivity contribution is -0.150. The number of alkyl halides is 2. The molecule has 0 aromatic heterocycles. The molecule has 1 atom stereocenters. The Kier molecular flexibility index (Phi) is 1.28. The van der Waals surface area contributed by atoms with Crippen LogP contribution in [0.2, 0.25) is 0 Å². The van der Waals surface area contributed by atoms with Crippen LogP contribution in [-0.4, -0.2) is 10.1 Å². The summed E-state index contributed by atoms with van der Waals surface area (Å²) in [5.74, 6) is 0.695. The molecule has 0 saturated heterocycles. The molecule has 1 nitrogen and oxygen atoms in total. The highest BCUT2D eigenvalue weighted by Crippen LogP contribution is 2.81. The van der Waals surface area contributed by atoms with Crippen molar-refractivity contribution >= 4 is 29.0 Å². The Balaban J connectivity index is 2.05. The number of halogens is 2. The van der Waals surface area contributed by atoms with Crippen molar-refractivity contribution in [3.8, 4) is 0 Å². The predicted octanol–water partition coefficient (Wildman–Crippen LogP) is 2.94. The van der Waals surface area contributed by atoms with Crippen molar-refractivity contribution in [1.82, 2.24) is 0 Å². The van der Waals surface area contributed by atoms with E-state index in [1.54, 1.807) is 0 Å². The average Bonchev–Trinajstić information content (AvgIpc) is 2.92.